The first-order valence-electron chi connectivity index (χ1n) is 8.48. The Bertz CT molecular complexity index is 414. The summed E-state index contributed by atoms with van der Waals surface area (Å²) in [7, 11) is 0. The zero-order valence-electron chi connectivity index (χ0n) is 13.2. The summed E-state index contributed by atoms with van der Waals surface area (Å²) in [6, 6.07) is 10.6. The molecule has 2 fully saturated rings. The highest BCUT2D eigenvalue weighted by Crippen LogP contribution is 2.45. The Morgan fingerprint density at radius 2 is 1.50 bits per heavy atom. The van der Waals surface area contributed by atoms with Gasteiger partial charge in [0.15, 0.2) is 0 Å². The van der Waals surface area contributed by atoms with Crippen molar-refractivity contribution in [3.05, 3.63) is 35.4 Å². The lowest BCUT2D eigenvalue weighted by atomic mass is 9.98. The normalized spacial score (nSPS) is 20.6. The summed E-state index contributed by atoms with van der Waals surface area (Å²) in [5.41, 5.74) is 2.92. The van der Waals surface area contributed by atoms with Crippen LogP contribution in [0.5, 0.6) is 0 Å². The molecule has 110 valence electrons. The molecule has 1 heteroatoms. The van der Waals surface area contributed by atoms with E-state index in [2.05, 4.69) is 50.4 Å². The maximum absolute atomic E-state index is 3.92. The molecule has 2 saturated carbocycles. The fourth-order valence-corrected chi connectivity index (χ4v) is 3.37. The van der Waals surface area contributed by atoms with Gasteiger partial charge in [0.1, 0.15) is 0 Å². The van der Waals surface area contributed by atoms with Crippen molar-refractivity contribution in [3.63, 3.8) is 0 Å². The highest BCUT2D eigenvalue weighted by atomic mass is 15.0. The predicted octanol–water partition coefficient (Wildman–Crippen LogP) is 4.72. The summed E-state index contributed by atoms with van der Waals surface area (Å²) >= 11 is 0. The smallest absolute Gasteiger partial charge is 0.0294 e. The van der Waals surface area contributed by atoms with Crippen molar-refractivity contribution in [1.29, 1.82) is 0 Å². The molecule has 0 spiro atoms. The minimum Gasteiger partial charge on any atom is -0.307 e. The number of benzene rings is 1. The third-order valence-electron chi connectivity index (χ3n) is 4.83. The van der Waals surface area contributed by atoms with Crippen LogP contribution in [0, 0.1) is 17.8 Å². The molecule has 1 aromatic carbocycles. The fourth-order valence-electron chi connectivity index (χ4n) is 3.37. The topological polar surface area (TPSA) is 12.0 Å². The second-order valence-electron chi connectivity index (χ2n) is 7.43. The molecule has 20 heavy (non-hydrogen) atoms. The molecule has 1 atom stereocenters. The lowest BCUT2D eigenvalue weighted by molar-refractivity contribution is 0.377. The summed E-state index contributed by atoms with van der Waals surface area (Å²) in [6.07, 6.45) is 7.00. The van der Waals surface area contributed by atoms with E-state index in [1.807, 2.05) is 0 Å². The predicted molar refractivity (Wildman–Crippen MR) is 85.8 cm³/mol. The molecule has 0 saturated heterocycles. The quantitative estimate of drug-likeness (QED) is 0.756. The van der Waals surface area contributed by atoms with E-state index < -0.39 is 0 Å². The molecule has 0 bridgehead atoms. The number of nitrogens with one attached hydrogen (secondary N) is 1. The van der Waals surface area contributed by atoms with E-state index in [-0.39, 0.29) is 0 Å². The van der Waals surface area contributed by atoms with Crippen LogP contribution in [0.15, 0.2) is 24.3 Å². The molecular weight excluding hydrogens is 242 g/mol. The molecule has 1 unspecified atom stereocenters. The van der Waals surface area contributed by atoms with Crippen LogP contribution in [0.3, 0.4) is 0 Å². The Morgan fingerprint density at radius 1 is 0.950 bits per heavy atom. The number of hydrogen-bond acceptors (Lipinski definition) is 1. The van der Waals surface area contributed by atoms with E-state index in [9.17, 15) is 0 Å². The van der Waals surface area contributed by atoms with Gasteiger partial charge in [-0.25, -0.2) is 0 Å². The van der Waals surface area contributed by atoms with Crippen LogP contribution in [0.1, 0.15) is 63.6 Å². The first kappa shape index (κ1) is 14.1. The van der Waals surface area contributed by atoms with E-state index in [0.717, 1.165) is 23.8 Å². The van der Waals surface area contributed by atoms with E-state index in [4.69, 9.17) is 0 Å². The Morgan fingerprint density at radius 3 is 1.95 bits per heavy atom. The van der Waals surface area contributed by atoms with Crippen LogP contribution >= 0.6 is 0 Å². The van der Waals surface area contributed by atoms with Crippen LogP contribution in [0.2, 0.25) is 0 Å². The van der Waals surface area contributed by atoms with Crippen molar-refractivity contribution < 1.29 is 0 Å². The van der Waals surface area contributed by atoms with Crippen molar-refractivity contribution in [3.8, 4) is 0 Å². The lowest BCUT2D eigenvalue weighted by Crippen LogP contribution is -2.35. The molecule has 1 aromatic rings. The Kier molecular flexibility index (Phi) is 4.16. The van der Waals surface area contributed by atoms with Gasteiger partial charge in [-0.1, -0.05) is 38.1 Å². The molecule has 0 aliphatic heterocycles. The van der Waals surface area contributed by atoms with Crippen LogP contribution in [0.4, 0.5) is 0 Å². The molecule has 3 rings (SSSR count). The van der Waals surface area contributed by atoms with E-state index in [1.54, 1.807) is 0 Å². The van der Waals surface area contributed by atoms with Gasteiger partial charge < -0.3 is 5.32 Å². The maximum atomic E-state index is 3.92. The summed E-state index contributed by atoms with van der Waals surface area (Å²) in [5, 5.41) is 3.92. The van der Waals surface area contributed by atoms with Crippen LogP contribution in [0.25, 0.3) is 0 Å². The first-order valence-corrected chi connectivity index (χ1v) is 8.48. The molecule has 0 aromatic heterocycles. The minimum atomic E-state index is 0.495. The van der Waals surface area contributed by atoms with E-state index in [1.165, 1.54) is 43.2 Å². The molecule has 1 nitrogen and oxygen atoms in total. The van der Waals surface area contributed by atoms with Gasteiger partial charge in [0, 0.05) is 12.1 Å². The lowest BCUT2D eigenvalue weighted by Gasteiger charge is -2.23. The van der Waals surface area contributed by atoms with E-state index >= 15 is 0 Å². The third-order valence-corrected chi connectivity index (χ3v) is 4.83. The van der Waals surface area contributed by atoms with Crippen LogP contribution in [-0.4, -0.2) is 6.04 Å². The molecule has 2 aliphatic rings. The standard InChI is InChI=1S/C19H29N/c1-13(2)12-15-4-6-16(7-5-15)14(3)20-19(17-8-9-17)18-10-11-18/h4-7,13-14,17-20H,8-12H2,1-3H3. The van der Waals surface area contributed by atoms with Crippen LogP contribution in [-0.2, 0) is 6.42 Å². The second-order valence-corrected chi connectivity index (χ2v) is 7.43. The zero-order valence-corrected chi connectivity index (χ0v) is 13.2. The number of hydrogen-bond donors (Lipinski definition) is 1. The van der Waals surface area contributed by atoms with Gasteiger partial charge in [-0.2, -0.15) is 0 Å². The average Bonchev–Trinajstić information content (AvgIpc) is 3.28. The molecule has 0 radical (unpaired) electrons. The zero-order chi connectivity index (χ0) is 14.1. The summed E-state index contributed by atoms with van der Waals surface area (Å²) in [6.45, 7) is 6.90. The van der Waals surface area contributed by atoms with Gasteiger partial charge >= 0.3 is 0 Å². The third kappa shape index (κ3) is 3.63. The second kappa shape index (κ2) is 5.89. The van der Waals surface area contributed by atoms with Crippen molar-refractivity contribution in [2.24, 2.45) is 17.8 Å². The Balaban J connectivity index is 1.59. The van der Waals surface area contributed by atoms with Gasteiger partial charge in [-0.15, -0.1) is 0 Å². The molecule has 0 amide bonds. The van der Waals surface area contributed by atoms with Gasteiger partial charge in [0.25, 0.3) is 0 Å². The van der Waals surface area contributed by atoms with Gasteiger partial charge in [0.05, 0.1) is 0 Å². The SMILES string of the molecule is CC(C)Cc1ccc(C(C)NC(C2CC2)C2CC2)cc1. The fraction of sp³-hybridized carbons (Fsp3) is 0.684. The van der Waals surface area contributed by atoms with Crippen molar-refractivity contribution in [2.75, 3.05) is 0 Å². The van der Waals surface area contributed by atoms with Gasteiger partial charge in [-0.3, -0.25) is 0 Å². The molecule has 0 heterocycles. The highest BCUT2D eigenvalue weighted by Gasteiger charge is 2.41. The Hall–Kier alpha value is -0.820. The summed E-state index contributed by atoms with van der Waals surface area (Å²) < 4.78 is 0. The number of rotatable bonds is 7. The summed E-state index contributed by atoms with van der Waals surface area (Å²) in [4.78, 5) is 0. The van der Waals surface area contributed by atoms with Crippen molar-refractivity contribution >= 4 is 0 Å². The largest absolute Gasteiger partial charge is 0.307 e. The monoisotopic (exact) mass is 271 g/mol. The highest BCUT2D eigenvalue weighted by molar-refractivity contribution is 5.25. The minimum absolute atomic E-state index is 0.495. The molecular formula is C19H29N. The van der Waals surface area contributed by atoms with Gasteiger partial charge in [-0.05, 0) is 67.9 Å². The summed E-state index contributed by atoms with van der Waals surface area (Å²) in [5.74, 6) is 2.70. The van der Waals surface area contributed by atoms with Gasteiger partial charge in [0.2, 0.25) is 0 Å². The van der Waals surface area contributed by atoms with Crippen molar-refractivity contribution in [2.45, 2.75) is 65.0 Å². The first-order chi connectivity index (χ1) is 9.63. The van der Waals surface area contributed by atoms with Crippen molar-refractivity contribution in [1.82, 2.24) is 5.32 Å². The molecule has 1 N–H and O–H groups in total. The average molecular weight is 271 g/mol. The maximum Gasteiger partial charge on any atom is 0.0294 e. The van der Waals surface area contributed by atoms with Crippen LogP contribution < -0.4 is 5.32 Å². The van der Waals surface area contributed by atoms with E-state index in [0.29, 0.717) is 6.04 Å². The Labute approximate surface area is 124 Å². The molecule has 2 aliphatic carbocycles.